The average molecular weight is 1100 g/mol. The minimum atomic E-state index is -0.185. The summed E-state index contributed by atoms with van der Waals surface area (Å²) in [6.07, 6.45) is 2.10. The zero-order valence-corrected chi connectivity index (χ0v) is 49.3. The Labute approximate surface area is 451 Å². The Kier molecular flexibility index (Phi) is 21.2. The van der Waals surface area contributed by atoms with Gasteiger partial charge in [-0.25, -0.2) is 0 Å². The Balaban J connectivity index is 0.000000231. The molecule has 0 unspecified atom stereocenters. The summed E-state index contributed by atoms with van der Waals surface area (Å²) in [6, 6.07) is 63.2. The summed E-state index contributed by atoms with van der Waals surface area (Å²) in [6.45, 7) is 28.5. The first-order valence-corrected chi connectivity index (χ1v) is 25.0. The van der Waals surface area contributed by atoms with E-state index in [0.717, 1.165) is 12.8 Å². The Morgan fingerprint density at radius 3 is 1.03 bits per heavy atom. The van der Waals surface area contributed by atoms with Gasteiger partial charge in [-0.1, -0.05) is 182 Å². The van der Waals surface area contributed by atoms with E-state index in [2.05, 4.69) is 241 Å². The first kappa shape index (κ1) is 58.1. The third-order valence-electron chi connectivity index (χ3n) is 11.6. The van der Waals surface area contributed by atoms with Gasteiger partial charge in [-0.15, -0.1) is 91.8 Å². The Bertz CT molecular complexity index is 2400. The van der Waals surface area contributed by atoms with Gasteiger partial charge in [0.1, 0.15) is 0 Å². The second-order valence-corrected chi connectivity index (χ2v) is 28.6. The number of halogens is 2. The van der Waals surface area contributed by atoms with E-state index in [1.807, 2.05) is 12.1 Å². The minimum Gasteiger partial charge on any atom is -1.00 e. The van der Waals surface area contributed by atoms with E-state index < -0.39 is 0 Å². The number of hydrogen-bond acceptors (Lipinski definition) is 0. The average Bonchev–Trinajstić information content (AvgIpc) is 3.98. The maximum absolute atomic E-state index is 3.30. The molecule has 0 aromatic heterocycles. The van der Waals surface area contributed by atoms with Crippen LogP contribution in [0.2, 0.25) is 0 Å². The van der Waals surface area contributed by atoms with Gasteiger partial charge < -0.3 is 24.8 Å². The molecule has 0 nitrogen and oxygen atoms in total. The van der Waals surface area contributed by atoms with Gasteiger partial charge in [0, 0.05) is 0 Å². The SMILES string of the molecule is CC(C)(C)P(c1cc2ccccc2[cH-]1)C(C)(C)C.CC(C)(C)P(c1cc2ccccc2[cH-]1)C(C)(C)C.[Cl-].[Cl-].[Zr+2].[Zr+2].[c-]1cccc2c1Cc1ccccc1-2.[c-]1cccc2c1Cc1ccccc1-2. The summed E-state index contributed by atoms with van der Waals surface area (Å²) < 4.78 is 0. The van der Waals surface area contributed by atoms with Crippen molar-refractivity contribution in [1.82, 2.24) is 0 Å². The molecule has 0 aliphatic heterocycles. The predicted octanol–water partition coefficient (Wildman–Crippen LogP) is 10.6. The van der Waals surface area contributed by atoms with Crippen molar-refractivity contribution in [2.24, 2.45) is 0 Å². The van der Waals surface area contributed by atoms with Crippen LogP contribution < -0.4 is 35.4 Å². The van der Waals surface area contributed by atoms with Crippen LogP contribution in [-0.2, 0) is 65.2 Å². The molecule has 0 heterocycles. The van der Waals surface area contributed by atoms with Crippen LogP contribution in [0, 0.1) is 12.1 Å². The summed E-state index contributed by atoms with van der Waals surface area (Å²) >= 11 is 0. The normalized spacial score (nSPS) is 12.2. The largest absolute Gasteiger partial charge is 2.00 e. The van der Waals surface area contributed by atoms with E-state index in [0.29, 0.717) is 20.6 Å². The van der Waals surface area contributed by atoms with Crippen LogP contribution in [0.1, 0.15) is 105 Å². The van der Waals surface area contributed by atoms with Crippen molar-refractivity contribution >= 4 is 48.0 Å². The Hall–Kier alpha value is -2.25. The predicted molar refractivity (Wildman–Crippen MR) is 278 cm³/mol. The molecule has 6 heteroatoms. The van der Waals surface area contributed by atoms with E-state index in [1.165, 1.54) is 66.1 Å². The monoisotopic (exact) mass is 1100 g/mol. The molecule has 8 aromatic carbocycles. The molecular weight excluding hydrogens is 1040 g/mol. The molecule has 2 aliphatic carbocycles. The molecule has 0 saturated carbocycles. The molecule has 340 valence electrons. The zero-order valence-electron chi connectivity index (χ0n) is 41.1. The number of benzene rings is 6. The minimum absolute atomic E-state index is 0. The molecule has 0 amide bonds. The van der Waals surface area contributed by atoms with Gasteiger partial charge in [0.2, 0.25) is 0 Å². The molecular formula is C60H66Cl2P2Zr2-2. The van der Waals surface area contributed by atoms with Gasteiger partial charge in [0.05, 0.1) is 0 Å². The van der Waals surface area contributed by atoms with Crippen LogP contribution in [0.5, 0.6) is 0 Å². The van der Waals surface area contributed by atoms with Gasteiger partial charge >= 0.3 is 52.4 Å². The summed E-state index contributed by atoms with van der Waals surface area (Å²) in [5.74, 6) is 0. The molecule has 0 radical (unpaired) electrons. The van der Waals surface area contributed by atoms with Crippen molar-refractivity contribution in [2.75, 3.05) is 0 Å². The molecule has 2 aliphatic rings. The second kappa shape index (κ2) is 24.0. The molecule has 0 atom stereocenters. The summed E-state index contributed by atoms with van der Waals surface area (Å²) in [5, 5.41) is 10.0. The van der Waals surface area contributed by atoms with E-state index in [9.17, 15) is 0 Å². The van der Waals surface area contributed by atoms with Crippen LogP contribution in [0.25, 0.3) is 43.8 Å². The van der Waals surface area contributed by atoms with Crippen molar-refractivity contribution in [1.29, 1.82) is 0 Å². The number of hydrogen-bond donors (Lipinski definition) is 0. The third-order valence-corrected chi connectivity index (χ3v) is 18.6. The maximum atomic E-state index is 3.30. The fraction of sp³-hybridized carbons (Fsp3) is 0.300. The molecule has 8 aromatic rings. The van der Waals surface area contributed by atoms with Crippen molar-refractivity contribution in [3.05, 3.63) is 192 Å². The third kappa shape index (κ3) is 14.0. The summed E-state index contributed by atoms with van der Waals surface area (Å²) in [7, 11) is -0.369. The Morgan fingerprint density at radius 1 is 0.394 bits per heavy atom. The van der Waals surface area contributed by atoms with Crippen molar-refractivity contribution in [3.63, 3.8) is 0 Å². The van der Waals surface area contributed by atoms with Crippen molar-refractivity contribution in [3.8, 4) is 22.3 Å². The number of rotatable bonds is 2. The summed E-state index contributed by atoms with van der Waals surface area (Å²) in [5.41, 5.74) is 11.0. The summed E-state index contributed by atoms with van der Waals surface area (Å²) in [4.78, 5) is 0. The van der Waals surface area contributed by atoms with Gasteiger partial charge in [-0.2, -0.15) is 71.8 Å². The smallest absolute Gasteiger partial charge is 1.00 e. The fourth-order valence-corrected chi connectivity index (χ4v) is 18.3. The zero-order chi connectivity index (χ0) is 44.5. The van der Waals surface area contributed by atoms with Gasteiger partial charge in [-0.05, 0) is 33.5 Å². The topological polar surface area (TPSA) is 0 Å². The van der Waals surface area contributed by atoms with Crippen LogP contribution in [0.3, 0.4) is 0 Å². The van der Waals surface area contributed by atoms with E-state index in [-0.39, 0.29) is 93.1 Å². The maximum Gasteiger partial charge on any atom is 2.00 e. The Morgan fingerprint density at radius 2 is 0.697 bits per heavy atom. The van der Waals surface area contributed by atoms with E-state index in [4.69, 9.17) is 0 Å². The molecule has 10 rings (SSSR count). The molecule has 0 bridgehead atoms. The van der Waals surface area contributed by atoms with E-state index in [1.54, 1.807) is 10.6 Å². The van der Waals surface area contributed by atoms with E-state index >= 15 is 0 Å². The first-order chi connectivity index (χ1) is 29.3. The molecule has 0 fully saturated rings. The quantitative estimate of drug-likeness (QED) is 0.120. The number of fused-ring (bicyclic) bond motifs is 8. The molecule has 0 saturated heterocycles. The van der Waals surface area contributed by atoms with Crippen LogP contribution in [0.15, 0.2) is 158 Å². The van der Waals surface area contributed by atoms with Crippen molar-refractivity contribution < 1.29 is 77.2 Å². The first-order valence-electron chi connectivity index (χ1n) is 22.4. The van der Waals surface area contributed by atoms with Crippen LogP contribution in [-0.4, -0.2) is 20.6 Å². The standard InChI is InChI=1S/2C17H24P.2C13H9.2ClH.2Zr/c2*1-16(2,3)18(17(4,5)6)15-11-13-9-7-8-10-14(13)12-15;2*1-3-7-12-10(5-1)9-11-6-2-4-8-13(11)12;;;;/h2*7-12H,1-6H3;2*1-5,7-8H,9H2;2*1H;;/q4*-1;;;2*+2/p-2. The molecule has 66 heavy (non-hydrogen) atoms. The van der Waals surface area contributed by atoms with Gasteiger partial charge in [-0.3, -0.25) is 0 Å². The fourth-order valence-electron chi connectivity index (χ4n) is 10.1. The molecule has 0 spiro atoms. The van der Waals surface area contributed by atoms with Gasteiger partial charge in [0.15, 0.2) is 0 Å². The molecule has 0 N–H and O–H groups in total. The second-order valence-electron chi connectivity index (χ2n) is 20.8. The van der Waals surface area contributed by atoms with Crippen LogP contribution >= 0.6 is 15.8 Å². The van der Waals surface area contributed by atoms with Crippen molar-refractivity contribution in [2.45, 2.75) is 117 Å². The van der Waals surface area contributed by atoms with Crippen LogP contribution in [0.4, 0.5) is 0 Å². The van der Waals surface area contributed by atoms with Gasteiger partial charge in [0.25, 0.3) is 0 Å².